The predicted octanol–water partition coefficient (Wildman–Crippen LogP) is 0.0105. The molecule has 80 valence electrons. The predicted molar refractivity (Wildman–Crippen MR) is 61.8 cm³/mol. The van der Waals surface area contributed by atoms with Crippen molar-refractivity contribution in [3.8, 4) is 0 Å². The third-order valence-corrected chi connectivity index (χ3v) is 9.79. The number of likely N-dealkylation sites (tertiary alicyclic amines) is 1. The van der Waals surface area contributed by atoms with E-state index in [0.29, 0.717) is 18.2 Å². The van der Waals surface area contributed by atoms with E-state index in [9.17, 15) is 0 Å². The summed E-state index contributed by atoms with van der Waals surface area (Å²) < 4.78 is 1.45. The van der Waals surface area contributed by atoms with Crippen molar-refractivity contribution >= 4 is 31.0 Å². The molecule has 0 aromatic heterocycles. The fraction of sp³-hybridized carbons (Fsp3) is 0.889. The summed E-state index contributed by atoms with van der Waals surface area (Å²) in [6.07, 6.45) is 4.16. The SMILES string of the molecule is CN(C)C1N=C(N2CCCCC2)[Se][Se]1. The van der Waals surface area contributed by atoms with Crippen molar-refractivity contribution in [1.82, 2.24) is 9.80 Å². The summed E-state index contributed by atoms with van der Waals surface area (Å²) in [5.41, 5.74) is 0. The van der Waals surface area contributed by atoms with E-state index in [4.69, 9.17) is 4.99 Å². The minimum absolute atomic E-state index is 0.527. The molecule has 1 fully saturated rings. The third-order valence-electron chi connectivity index (χ3n) is 2.50. The van der Waals surface area contributed by atoms with Crippen LogP contribution in [-0.2, 0) is 0 Å². The number of piperidine rings is 1. The fourth-order valence-corrected chi connectivity index (χ4v) is 9.75. The Labute approximate surface area is 97.2 Å². The minimum atomic E-state index is 0.527. The first-order valence-electron chi connectivity index (χ1n) is 5.10. The molecule has 0 amide bonds. The van der Waals surface area contributed by atoms with Crippen LogP contribution in [0.1, 0.15) is 19.3 Å². The number of rotatable bonds is 1. The van der Waals surface area contributed by atoms with Gasteiger partial charge in [0.25, 0.3) is 0 Å². The molecule has 1 atom stereocenters. The molecule has 3 nitrogen and oxygen atoms in total. The van der Waals surface area contributed by atoms with Gasteiger partial charge in [0.15, 0.2) is 0 Å². The number of aliphatic imine (C=N–C) groups is 1. The van der Waals surface area contributed by atoms with E-state index in [2.05, 4.69) is 23.9 Å². The zero-order valence-electron chi connectivity index (χ0n) is 8.77. The molecule has 0 saturated carbocycles. The molecule has 1 unspecified atom stereocenters. The second-order valence-electron chi connectivity index (χ2n) is 3.93. The van der Waals surface area contributed by atoms with Gasteiger partial charge in [-0.1, -0.05) is 0 Å². The number of hydrogen-bond acceptors (Lipinski definition) is 3. The summed E-state index contributed by atoms with van der Waals surface area (Å²) in [6.45, 7) is 2.52. The fourth-order valence-electron chi connectivity index (χ4n) is 1.64. The van der Waals surface area contributed by atoms with Crippen molar-refractivity contribution in [2.75, 3.05) is 27.2 Å². The van der Waals surface area contributed by atoms with Crippen LogP contribution in [0.15, 0.2) is 4.99 Å². The Balaban J connectivity index is 1.94. The van der Waals surface area contributed by atoms with E-state index >= 15 is 0 Å². The van der Waals surface area contributed by atoms with Crippen molar-refractivity contribution < 1.29 is 0 Å². The molecule has 0 bridgehead atoms. The zero-order chi connectivity index (χ0) is 9.97. The van der Waals surface area contributed by atoms with Gasteiger partial charge in [-0.05, 0) is 0 Å². The van der Waals surface area contributed by atoms with E-state index < -0.39 is 0 Å². The molecular formula is C9H17N3Se2. The summed E-state index contributed by atoms with van der Waals surface area (Å²) in [4.78, 5) is 9.63. The van der Waals surface area contributed by atoms with Crippen LogP contribution in [0.5, 0.6) is 0 Å². The van der Waals surface area contributed by atoms with Crippen LogP contribution in [-0.4, -0.2) is 73.0 Å². The summed E-state index contributed by atoms with van der Waals surface area (Å²) in [6, 6.07) is 0. The standard InChI is InChI=1S/C9H17N3Se2/c1-11(2)8-10-9(14-13-8)12-6-4-3-5-7-12/h8H,3-7H2,1-2H3. The van der Waals surface area contributed by atoms with E-state index in [0.717, 1.165) is 13.1 Å². The van der Waals surface area contributed by atoms with E-state index in [1.165, 1.54) is 37.1 Å². The van der Waals surface area contributed by atoms with Gasteiger partial charge in [-0.3, -0.25) is 0 Å². The molecule has 1 saturated heterocycles. The molecule has 0 spiro atoms. The molecule has 2 aliphatic heterocycles. The summed E-state index contributed by atoms with van der Waals surface area (Å²) >= 11 is 1.42. The van der Waals surface area contributed by atoms with Crippen LogP contribution in [0.4, 0.5) is 0 Å². The molecule has 14 heavy (non-hydrogen) atoms. The van der Waals surface area contributed by atoms with Crippen molar-refractivity contribution in [2.24, 2.45) is 4.99 Å². The molecule has 0 N–H and O–H groups in total. The normalized spacial score (nSPS) is 28.4. The maximum atomic E-state index is 4.84. The van der Waals surface area contributed by atoms with Crippen LogP contribution in [0.2, 0.25) is 0 Å². The summed E-state index contributed by atoms with van der Waals surface area (Å²) in [7, 11) is 4.29. The van der Waals surface area contributed by atoms with Gasteiger partial charge >= 0.3 is 97.3 Å². The average molecular weight is 325 g/mol. The molecule has 2 heterocycles. The molecule has 5 heteroatoms. The van der Waals surface area contributed by atoms with Crippen LogP contribution in [0.3, 0.4) is 0 Å². The van der Waals surface area contributed by atoms with Crippen LogP contribution in [0, 0.1) is 0 Å². The second-order valence-corrected chi connectivity index (χ2v) is 10.2. The summed E-state index contributed by atoms with van der Waals surface area (Å²) in [5.74, 6) is 0. The first kappa shape index (κ1) is 11.0. The van der Waals surface area contributed by atoms with Gasteiger partial charge in [0.05, 0.1) is 0 Å². The van der Waals surface area contributed by atoms with Gasteiger partial charge in [-0.2, -0.15) is 0 Å². The summed E-state index contributed by atoms with van der Waals surface area (Å²) in [5, 5.41) is 0.527. The van der Waals surface area contributed by atoms with E-state index in [1.54, 1.807) is 0 Å². The van der Waals surface area contributed by atoms with Crippen molar-refractivity contribution in [2.45, 2.75) is 24.3 Å². The van der Waals surface area contributed by atoms with Crippen molar-refractivity contribution in [1.29, 1.82) is 0 Å². The van der Waals surface area contributed by atoms with Gasteiger partial charge in [-0.25, -0.2) is 0 Å². The Morgan fingerprint density at radius 1 is 1.29 bits per heavy atom. The molecular weight excluding hydrogens is 308 g/mol. The van der Waals surface area contributed by atoms with E-state index in [-0.39, 0.29) is 0 Å². The Kier molecular flexibility index (Phi) is 3.92. The van der Waals surface area contributed by atoms with Gasteiger partial charge in [0, 0.05) is 0 Å². The van der Waals surface area contributed by atoms with Gasteiger partial charge < -0.3 is 0 Å². The Bertz CT molecular complexity index is 224. The second kappa shape index (κ2) is 5.00. The van der Waals surface area contributed by atoms with Gasteiger partial charge in [0.1, 0.15) is 0 Å². The Morgan fingerprint density at radius 2 is 2.00 bits per heavy atom. The molecule has 0 radical (unpaired) electrons. The zero-order valence-corrected chi connectivity index (χ0v) is 12.2. The third kappa shape index (κ3) is 2.53. The Morgan fingerprint density at radius 3 is 2.57 bits per heavy atom. The monoisotopic (exact) mass is 327 g/mol. The van der Waals surface area contributed by atoms with Gasteiger partial charge in [-0.15, -0.1) is 0 Å². The molecule has 0 aromatic rings. The van der Waals surface area contributed by atoms with E-state index in [1.807, 2.05) is 0 Å². The molecule has 0 aromatic carbocycles. The maximum absolute atomic E-state index is 4.84. The number of nitrogens with zero attached hydrogens (tertiary/aromatic N) is 3. The first-order valence-corrected chi connectivity index (χ1v) is 11.3. The first-order chi connectivity index (χ1) is 6.77. The van der Waals surface area contributed by atoms with Crippen molar-refractivity contribution in [3.05, 3.63) is 0 Å². The topological polar surface area (TPSA) is 18.8 Å². The van der Waals surface area contributed by atoms with Crippen LogP contribution < -0.4 is 0 Å². The molecule has 2 aliphatic rings. The van der Waals surface area contributed by atoms with Crippen LogP contribution >= 0.6 is 0 Å². The quantitative estimate of drug-likeness (QED) is 0.633. The number of amidine groups is 1. The number of hydrogen-bond donors (Lipinski definition) is 0. The molecule has 0 aliphatic carbocycles. The van der Waals surface area contributed by atoms with Gasteiger partial charge in [0.2, 0.25) is 0 Å². The Hall–Kier alpha value is 0.469. The van der Waals surface area contributed by atoms with Crippen molar-refractivity contribution in [3.63, 3.8) is 0 Å². The van der Waals surface area contributed by atoms with Crippen LogP contribution in [0.25, 0.3) is 0 Å². The molecule has 2 rings (SSSR count). The average Bonchev–Trinajstić information content (AvgIpc) is 2.68.